The summed E-state index contributed by atoms with van der Waals surface area (Å²) in [4.78, 5) is 31.1. The third-order valence-corrected chi connectivity index (χ3v) is 7.32. The average Bonchev–Trinajstić information content (AvgIpc) is 3.20. The van der Waals surface area contributed by atoms with Gasteiger partial charge < -0.3 is 10.1 Å². The van der Waals surface area contributed by atoms with E-state index in [1.165, 1.54) is 4.57 Å². The van der Waals surface area contributed by atoms with E-state index in [1.54, 1.807) is 16.3 Å². The lowest BCUT2D eigenvalue weighted by atomic mass is 9.97. The van der Waals surface area contributed by atoms with Crippen LogP contribution in [0.5, 0.6) is 0 Å². The number of carbonyl (C=O) groups excluding carboxylic acids is 1. The highest BCUT2D eigenvalue weighted by atomic mass is 32.2. The molecule has 29 heavy (non-hydrogen) atoms. The molecule has 2 atom stereocenters. The number of fused-ring (bicyclic) bond motifs is 1. The molecule has 1 aromatic heterocycles. The van der Waals surface area contributed by atoms with Crippen molar-refractivity contribution in [2.24, 2.45) is 10.9 Å². The molecule has 1 fully saturated rings. The van der Waals surface area contributed by atoms with Crippen LogP contribution in [0.4, 0.5) is 4.79 Å². The molecule has 8 heteroatoms. The zero-order chi connectivity index (χ0) is 20.6. The zero-order valence-electron chi connectivity index (χ0n) is 17.2. The van der Waals surface area contributed by atoms with Crippen molar-refractivity contribution in [3.8, 4) is 0 Å². The number of aromatic nitrogens is 2. The summed E-state index contributed by atoms with van der Waals surface area (Å²) in [6, 6.07) is 6.92. The largest absolute Gasteiger partial charge is 0.381 e. The number of nitrogens with zero attached hydrogens (tertiary/aromatic N) is 3. The second-order valence-corrected chi connectivity index (χ2v) is 9.39. The summed E-state index contributed by atoms with van der Waals surface area (Å²) in [5, 5.41) is 4.05. The van der Waals surface area contributed by atoms with Crippen molar-refractivity contribution < 1.29 is 9.53 Å². The number of nitrogens with one attached hydrogen (secondary N) is 1. The van der Waals surface area contributed by atoms with Gasteiger partial charge in [0.05, 0.1) is 27.7 Å². The Labute approximate surface area is 174 Å². The lowest BCUT2D eigenvalue weighted by Crippen LogP contribution is -2.51. The van der Waals surface area contributed by atoms with Gasteiger partial charge in [-0.2, -0.15) is 0 Å². The van der Waals surface area contributed by atoms with Crippen molar-refractivity contribution in [2.75, 3.05) is 19.0 Å². The normalized spacial score (nSPS) is 23.9. The number of ether oxygens (including phenoxy) is 1. The van der Waals surface area contributed by atoms with Crippen LogP contribution in [0.2, 0.25) is 0 Å². The van der Waals surface area contributed by atoms with Crippen LogP contribution in [-0.4, -0.2) is 50.8 Å². The molecule has 0 aliphatic carbocycles. The Bertz CT molecular complexity index is 1010. The van der Waals surface area contributed by atoms with E-state index in [2.05, 4.69) is 5.32 Å². The Morgan fingerprint density at radius 1 is 1.34 bits per heavy atom. The average molecular weight is 417 g/mol. The fraction of sp³-hybridized carbons (Fsp3) is 0.571. The first-order chi connectivity index (χ1) is 13.9. The predicted molar refractivity (Wildman–Crippen MR) is 117 cm³/mol. The Morgan fingerprint density at radius 2 is 2.03 bits per heavy atom. The second kappa shape index (κ2) is 7.99. The number of rotatable bonds is 4. The number of aliphatic imine (C=N–C) groups is 1. The smallest absolute Gasteiger partial charge is 0.337 e. The van der Waals surface area contributed by atoms with Crippen molar-refractivity contribution in [1.82, 2.24) is 14.5 Å². The second-order valence-electron chi connectivity index (χ2n) is 8.22. The van der Waals surface area contributed by atoms with Crippen molar-refractivity contribution >= 4 is 33.9 Å². The first-order valence-electron chi connectivity index (χ1n) is 10.2. The summed E-state index contributed by atoms with van der Waals surface area (Å²) < 4.78 is 8.45. The Morgan fingerprint density at radius 3 is 2.69 bits per heavy atom. The highest BCUT2D eigenvalue weighted by molar-refractivity contribution is 8.14. The number of benzene rings is 1. The standard InChI is InChI=1S/C21H28N4O3S/c1-14(21(3)13-29-15(2)23-21)22-19(26)25-18-7-5-4-6-17(18)24(20(25)27)12-16-8-10-28-11-9-16/h4-7,14,16H,8-13H2,1-3H3,(H,22,26). The maximum atomic E-state index is 13.2. The van der Waals surface area contributed by atoms with Gasteiger partial charge in [-0.25, -0.2) is 14.2 Å². The monoisotopic (exact) mass is 416 g/mol. The quantitative estimate of drug-likeness (QED) is 0.831. The molecular formula is C21H28N4O3S. The van der Waals surface area contributed by atoms with Crippen LogP contribution in [0.25, 0.3) is 11.0 Å². The molecule has 2 unspecified atom stereocenters. The van der Waals surface area contributed by atoms with E-state index in [1.807, 2.05) is 45.0 Å². The molecule has 0 saturated carbocycles. The van der Waals surface area contributed by atoms with Gasteiger partial charge in [0.1, 0.15) is 0 Å². The predicted octanol–water partition coefficient (Wildman–Crippen LogP) is 3.10. The van der Waals surface area contributed by atoms with E-state index in [0.717, 1.165) is 42.4 Å². The number of thioether (sulfide) groups is 1. The molecule has 4 rings (SSSR count). The summed E-state index contributed by atoms with van der Waals surface area (Å²) in [5.74, 6) is 1.20. The van der Waals surface area contributed by atoms with Crippen LogP contribution in [0.1, 0.15) is 33.6 Å². The van der Waals surface area contributed by atoms with E-state index in [9.17, 15) is 9.59 Å². The van der Waals surface area contributed by atoms with Gasteiger partial charge in [-0.3, -0.25) is 9.56 Å². The summed E-state index contributed by atoms with van der Waals surface area (Å²) in [5.41, 5.74) is 0.783. The van der Waals surface area contributed by atoms with Gasteiger partial charge in [-0.1, -0.05) is 12.1 Å². The lowest BCUT2D eigenvalue weighted by Gasteiger charge is -2.28. The molecule has 156 valence electrons. The third-order valence-electron chi connectivity index (χ3n) is 6.08. The molecule has 2 aromatic rings. The molecule has 0 bridgehead atoms. The molecule has 1 amide bonds. The van der Waals surface area contributed by atoms with Crippen LogP contribution in [-0.2, 0) is 11.3 Å². The maximum absolute atomic E-state index is 13.2. The van der Waals surface area contributed by atoms with E-state index in [4.69, 9.17) is 9.73 Å². The van der Waals surface area contributed by atoms with Crippen molar-refractivity contribution in [3.05, 3.63) is 34.7 Å². The van der Waals surface area contributed by atoms with E-state index >= 15 is 0 Å². The number of imidazole rings is 1. The Hall–Kier alpha value is -2.06. The molecule has 0 radical (unpaired) electrons. The summed E-state index contributed by atoms with van der Waals surface area (Å²) >= 11 is 1.70. The minimum absolute atomic E-state index is 0.190. The number of carbonyl (C=O) groups is 1. The molecule has 7 nitrogen and oxygen atoms in total. The number of amides is 1. The highest BCUT2D eigenvalue weighted by Gasteiger charge is 2.36. The van der Waals surface area contributed by atoms with Crippen LogP contribution in [0, 0.1) is 5.92 Å². The van der Waals surface area contributed by atoms with Crippen molar-refractivity contribution in [2.45, 2.75) is 51.7 Å². The molecule has 1 saturated heterocycles. The molecule has 3 heterocycles. The molecule has 2 aliphatic rings. The third kappa shape index (κ3) is 3.88. The van der Waals surface area contributed by atoms with E-state index < -0.39 is 6.03 Å². The summed E-state index contributed by atoms with van der Waals surface area (Å²) in [6.07, 6.45) is 1.87. The first-order valence-corrected chi connectivity index (χ1v) is 11.2. The highest BCUT2D eigenvalue weighted by Crippen LogP contribution is 2.30. The molecule has 0 spiro atoms. The van der Waals surface area contributed by atoms with E-state index in [0.29, 0.717) is 18.0 Å². The summed E-state index contributed by atoms with van der Waals surface area (Å²) in [7, 11) is 0. The Balaban J connectivity index is 1.64. The lowest BCUT2D eigenvalue weighted by molar-refractivity contribution is 0.0613. The molecule has 1 aromatic carbocycles. The van der Waals surface area contributed by atoms with Crippen LogP contribution >= 0.6 is 11.8 Å². The van der Waals surface area contributed by atoms with Crippen LogP contribution in [0.15, 0.2) is 34.1 Å². The fourth-order valence-corrected chi connectivity index (χ4v) is 5.16. The number of hydrogen-bond donors (Lipinski definition) is 1. The van der Waals surface area contributed by atoms with Gasteiger partial charge in [0, 0.05) is 25.5 Å². The minimum atomic E-state index is -0.393. The topological polar surface area (TPSA) is 77.6 Å². The minimum Gasteiger partial charge on any atom is -0.381 e. The van der Waals surface area contributed by atoms with Gasteiger partial charge in [0.25, 0.3) is 0 Å². The summed E-state index contributed by atoms with van der Waals surface area (Å²) in [6.45, 7) is 8.04. The maximum Gasteiger partial charge on any atom is 0.337 e. The van der Waals surface area contributed by atoms with Crippen molar-refractivity contribution in [1.29, 1.82) is 0 Å². The zero-order valence-corrected chi connectivity index (χ0v) is 18.0. The molecule has 1 N–H and O–H groups in total. The fourth-order valence-electron chi connectivity index (χ4n) is 4.07. The van der Waals surface area contributed by atoms with E-state index in [-0.39, 0.29) is 17.3 Å². The Kier molecular flexibility index (Phi) is 5.57. The molecular weight excluding hydrogens is 388 g/mol. The molecule has 2 aliphatic heterocycles. The number of para-hydroxylation sites is 2. The van der Waals surface area contributed by atoms with Gasteiger partial charge in [0.2, 0.25) is 0 Å². The van der Waals surface area contributed by atoms with Gasteiger partial charge in [0.15, 0.2) is 0 Å². The van der Waals surface area contributed by atoms with Crippen molar-refractivity contribution in [3.63, 3.8) is 0 Å². The van der Waals surface area contributed by atoms with Gasteiger partial charge in [-0.15, -0.1) is 11.8 Å². The van der Waals surface area contributed by atoms with Crippen LogP contribution in [0.3, 0.4) is 0 Å². The SMILES string of the molecule is CC1=NC(C)(C(C)NC(=O)n2c(=O)n(CC3CCOCC3)c3ccccc32)CS1. The van der Waals surface area contributed by atoms with Gasteiger partial charge in [-0.05, 0) is 51.7 Å². The van der Waals surface area contributed by atoms with Crippen LogP contribution < -0.4 is 11.0 Å². The first kappa shape index (κ1) is 20.2. The van der Waals surface area contributed by atoms with Gasteiger partial charge >= 0.3 is 11.7 Å². The number of hydrogen-bond acceptors (Lipinski definition) is 5.